The molecule has 7 heteroatoms. The van der Waals surface area contributed by atoms with Crippen LogP contribution in [0.4, 0.5) is 0 Å². The van der Waals surface area contributed by atoms with Crippen molar-refractivity contribution in [3.05, 3.63) is 41.3 Å². The van der Waals surface area contributed by atoms with Gasteiger partial charge in [0.05, 0.1) is 12.3 Å². The van der Waals surface area contributed by atoms with Gasteiger partial charge in [0.25, 0.3) is 5.22 Å². The summed E-state index contributed by atoms with van der Waals surface area (Å²) in [5.41, 5.74) is 7.62. The standard InChI is InChI=1S/C13H16N4O2S/c1-9-2-4-10(5-3-9)7-15-11(18)8-20-13-17-16-12(6-14)19-13/h2-5H,6-8,14H2,1H3,(H,15,18). The Morgan fingerprint density at radius 2 is 2.10 bits per heavy atom. The summed E-state index contributed by atoms with van der Waals surface area (Å²) in [7, 11) is 0. The topological polar surface area (TPSA) is 94.0 Å². The number of hydrogen-bond acceptors (Lipinski definition) is 6. The van der Waals surface area contributed by atoms with Crippen molar-refractivity contribution >= 4 is 17.7 Å². The first-order valence-corrected chi connectivity index (χ1v) is 7.13. The van der Waals surface area contributed by atoms with Gasteiger partial charge >= 0.3 is 0 Å². The molecule has 3 N–H and O–H groups in total. The van der Waals surface area contributed by atoms with Crippen molar-refractivity contribution < 1.29 is 9.21 Å². The van der Waals surface area contributed by atoms with Gasteiger partial charge in [-0.05, 0) is 12.5 Å². The number of nitrogens with zero attached hydrogens (tertiary/aromatic N) is 2. The first-order chi connectivity index (χ1) is 9.67. The monoisotopic (exact) mass is 292 g/mol. The normalized spacial score (nSPS) is 10.5. The van der Waals surface area contributed by atoms with Crippen molar-refractivity contribution in [2.75, 3.05) is 5.75 Å². The molecule has 0 saturated carbocycles. The molecule has 0 saturated heterocycles. The van der Waals surface area contributed by atoms with Crippen LogP contribution in [0.5, 0.6) is 0 Å². The van der Waals surface area contributed by atoms with Gasteiger partial charge in [-0.25, -0.2) is 0 Å². The van der Waals surface area contributed by atoms with Crippen LogP contribution < -0.4 is 11.1 Å². The van der Waals surface area contributed by atoms with Crippen LogP contribution >= 0.6 is 11.8 Å². The number of benzene rings is 1. The minimum Gasteiger partial charge on any atom is -0.415 e. The molecule has 0 fully saturated rings. The van der Waals surface area contributed by atoms with Crippen molar-refractivity contribution in [2.45, 2.75) is 25.2 Å². The number of carbonyl (C=O) groups excluding carboxylic acids is 1. The highest BCUT2D eigenvalue weighted by Gasteiger charge is 2.08. The van der Waals surface area contributed by atoms with E-state index < -0.39 is 0 Å². The van der Waals surface area contributed by atoms with Crippen LogP contribution in [0.2, 0.25) is 0 Å². The minimum atomic E-state index is -0.0805. The van der Waals surface area contributed by atoms with Crippen molar-refractivity contribution in [1.29, 1.82) is 0 Å². The van der Waals surface area contributed by atoms with Gasteiger partial charge < -0.3 is 15.5 Å². The molecule has 106 valence electrons. The summed E-state index contributed by atoms with van der Waals surface area (Å²) < 4.78 is 5.19. The van der Waals surface area contributed by atoms with E-state index in [0.29, 0.717) is 17.7 Å². The number of nitrogens with one attached hydrogen (secondary N) is 1. The largest absolute Gasteiger partial charge is 0.415 e. The number of carbonyl (C=O) groups is 1. The molecular weight excluding hydrogens is 276 g/mol. The Labute approximate surface area is 121 Å². The average Bonchev–Trinajstić information content (AvgIpc) is 2.92. The highest BCUT2D eigenvalue weighted by molar-refractivity contribution is 7.99. The maximum Gasteiger partial charge on any atom is 0.277 e. The van der Waals surface area contributed by atoms with E-state index in [9.17, 15) is 4.79 Å². The molecule has 0 unspecified atom stereocenters. The lowest BCUT2D eigenvalue weighted by Crippen LogP contribution is -2.24. The third-order valence-electron chi connectivity index (χ3n) is 2.56. The van der Waals surface area contributed by atoms with Gasteiger partial charge in [0.15, 0.2) is 0 Å². The van der Waals surface area contributed by atoms with Gasteiger partial charge in [0, 0.05) is 6.54 Å². The first-order valence-electron chi connectivity index (χ1n) is 6.15. The van der Waals surface area contributed by atoms with Crippen LogP contribution in [0.25, 0.3) is 0 Å². The lowest BCUT2D eigenvalue weighted by molar-refractivity contribution is -0.118. The lowest BCUT2D eigenvalue weighted by atomic mass is 10.1. The van der Waals surface area contributed by atoms with Gasteiger partial charge in [0.1, 0.15) is 0 Å². The number of amides is 1. The zero-order valence-electron chi connectivity index (χ0n) is 11.1. The van der Waals surface area contributed by atoms with E-state index in [-0.39, 0.29) is 18.2 Å². The fourth-order valence-electron chi connectivity index (χ4n) is 1.46. The van der Waals surface area contributed by atoms with E-state index in [1.54, 1.807) is 0 Å². The number of hydrogen-bond donors (Lipinski definition) is 2. The van der Waals surface area contributed by atoms with Gasteiger partial charge in [-0.2, -0.15) is 0 Å². The minimum absolute atomic E-state index is 0.0805. The van der Waals surface area contributed by atoms with Gasteiger partial charge in [-0.1, -0.05) is 41.6 Å². The molecule has 0 aliphatic rings. The highest BCUT2D eigenvalue weighted by atomic mass is 32.2. The van der Waals surface area contributed by atoms with Crippen LogP contribution in [0.15, 0.2) is 33.9 Å². The quantitative estimate of drug-likeness (QED) is 0.778. The number of nitrogens with two attached hydrogens (primary N) is 1. The van der Waals surface area contributed by atoms with E-state index in [1.165, 1.54) is 17.3 Å². The number of aromatic nitrogens is 2. The first kappa shape index (κ1) is 14.5. The number of rotatable bonds is 6. The van der Waals surface area contributed by atoms with Gasteiger partial charge in [0.2, 0.25) is 11.8 Å². The number of thioether (sulfide) groups is 1. The molecule has 6 nitrogen and oxygen atoms in total. The molecule has 0 aliphatic carbocycles. The summed E-state index contributed by atoms with van der Waals surface area (Å²) in [6.45, 7) is 2.74. The Hall–Kier alpha value is -1.86. The fraction of sp³-hybridized carbons (Fsp3) is 0.308. The third kappa shape index (κ3) is 4.36. The molecule has 1 aromatic heterocycles. The summed E-state index contributed by atoms with van der Waals surface area (Å²) in [4.78, 5) is 11.7. The van der Waals surface area contributed by atoms with Crippen LogP contribution in [0.1, 0.15) is 17.0 Å². The Balaban J connectivity index is 1.74. The zero-order chi connectivity index (χ0) is 14.4. The lowest BCUT2D eigenvalue weighted by Gasteiger charge is -2.04. The molecule has 0 aliphatic heterocycles. The molecule has 1 amide bonds. The summed E-state index contributed by atoms with van der Waals surface area (Å²) in [6, 6.07) is 8.02. The fourth-order valence-corrected chi connectivity index (χ4v) is 2.07. The smallest absolute Gasteiger partial charge is 0.277 e. The van der Waals surface area contributed by atoms with Gasteiger partial charge in [-0.3, -0.25) is 4.79 Å². The maximum atomic E-state index is 11.7. The molecule has 1 heterocycles. The Kier molecular flexibility index (Phi) is 5.14. The third-order valence-corrected chi connectivity index (χ3v) is 3.38. The highest BCUT2D eigenvalue weighted by Crippen LogP contribution is 2.15. The van der Waals surface area contributed by atoms with Crippen LogP contribution in [0.3, 0.4) is 0 Å². The Bertz CT molecular complexity index is 568. The van der Waals surface area contributed by atoms with Gasteiger partial charge in [-0.15, -0.1) is 10.2 Å². The molecule has 2 aromatic rings. The maximum absolute atomic E-state index is 11.7. The summed E-state index contributed by atoms with van der Waals surface area (Å²) in [5, 5.41) is 10.7. The molecule has 1 aromatic carbocycles. The Morgan fingerprint density at radius 1 is 1.35 bits per heavy atom. The SMILES string of the molecule is Cc1ccc(CNC(=O)CSc2nnc(CN)o2)cc1. The van der Waals surface area contributed by atoms with Crippen molar-refractivity contribution in [1.82, 2.24) is 15.5 Å². The molecule has 0 atom stereocenters. The van der Waals surface area contributed by atoms with Crippen LogP contribution in [0, 0.1) is 6.92 Å². The molecule has 2 rings (SSSR count). The summed E-state index contributed by atoms with van der Waals surface area (Å²) >= 11 is 1.19. The second-order valence-corrected chi connectivity index (χ2v) is 5.14. The van der Waals surface area contributed by atoms with Crippen LogP contribution in [-0.2, 0) is 17.9 Å². The van der Waals surface area contributed by atoms with Crippen molar-refractivity contribution in [3.63, 3.8) is 0 Å². The van der Waals surface area contributed by atoms with E-state index in [4.69, 9.17) is 10.2 Å². The molecule has 0 spiro atoms. The molecule has 20 heavy (non-hydrogen) atoms. The van der Waals surface area contributed by atoms with Crippen LogP contribution in [-0.4, -0.2) is 21.9 Å². The van der Waals surface area contributed by atoms with E-state index in [0.717, 1.165) is 5.56 Å². The summed E-state index contributed by atoms with van der Waals surface area (Å²) in [6.07, 6.45) is 0. The van der Waals surface area contributed by atoms with E-state index >= 15 is 0 Å². The molecule has 0 bridgehead atoms. The van der Waals surface area contributed by atoms with E-state index in [1.807, 2.05) is 31.2 Å². The average molecular weight is 292 g/mol. The second kappa shape index (κ2) is 7.06. The molecule has 0 radical (unpaired) electrons. The zero-order valence-corrected chi connectivity index (χ0v) is 11.9. The predicted molar refractivity (Wildman–Crippen MR) is 75.9 cm³/mol. The predicted octanol–water partition coefficient (Wildman–Crippen LogP) is 1.25. The number of aryl methyl sites for hydroxylation is 1. The Morgan fingerprint density at radius 3 is 2.75 bits per heavy atom. The van der Waals surface area contributed by atoms with Crippen molar-refractivity contribution in [2.24, 2.45) is 5.73 Å². The molecular formula is C13H16N4O2S. The summed E-state index contributed by atoms with van der Waals surface area (Å²) in [5.74, 6) is 0.522. The van der Waals surface area contributed by atoms with E-state index in [2.05, 4.69) is 15.5 Å². The van der Waals surface area contributed by atoms with Crippen molar-refractivity contribution in [3.8, 4) is 0 Å². The second-order valence-electron chi connectivity index (χ2n) is 4.22.